The summed E-state index contributed by atoms with van der Waals surface area (Å²) in [6.07, 6.45) is 0. The second-order valence-corrected chi connectivity index (χ2v) is 9.34. The second-order valence-electron chi connectivity index (χ2n) is 8.27. The molecule has 2 atom stereocenters. The van der Waals surface area contributed by atoms with Crippen molar-refractivity contribution in [2.24, 2.45) is 0 Å². The minimum Gasteiger partial charge on any atom is -0.478 e. The lowest BCUT2D eigenvalue weighted by Gasteiger charge is -2.38. The average Bonchev–Trinajstić information content (AvgIpc) is 3.14. The molecule has 6 heteroatoms. The number of thioether (sulfide) groups is 1. The summed E-state index contributed by atoms with van der Waals surface area (Å²) < 4.78 is 13.5. The van der Waals surface area contributed by atoms with Gasteiger partial charge in [0.1, 0.15) is 11.2 Å². The standard InChI is InChI=1S/C26H24FNO3S/c1-17-14-19(25(30)31)10-13-22(17)26(2,20-6-4-3-5-7-20)16-28-23(29)15-32-24(28)18-8-11-21(27)12-9-18/h3-14,24H,15-16H2,1-2H3,(H,30,31). The number of benzene rings is 3. The Balaban J connectivity index is 1.78. The van der Waals surface area contributed by atoms with Crippen LogP contribution in [0.5, 0.6) is 0 Å². The molecule has 32 heavy (non-hydrogen) atoms. The van der Waals surface area contributed by atoms with Gasteiger partial charge in [-0.05, 0) is 60.4 Å². The van der Waals surface area contributed by atoms with E-state index < -0.39 is 11.4 Å². The first-order valence-corrected chi connectivity index (χ1v) is 11.4. The summed E-state index contributed by atoms with van der Waals surface area (Å²) in [6, 6.07) is 21.4. The number of nitrogens with zero attached hydrogens (tertiary/aromatic N) is 1. The molecule has 1 aliphatic rings. The zero-order valence-electron chi connectivity index (χ0n) is 17.9. The summed E-state index contributed by atoms with van der Waals surface area (Å²) in [6.45, 7) is 4.40. The van der Waals surface area contributed by atoms with Crippen molar-refractivity contribution < 1.29 is 19.1 Å². The normalized spacial score (nSPS) is 17.9. The van der Waals surface area contributed by atoms with Gasteiger partial charge < -0.3 is 10.0 Å². The molecule has 2 unspecified atom stereocenters. The SMILES string of the molecule is Cc1cc(C(=O)O)ccc1C(C)(CN1C(=O)CSC1c1ccc(F)cc1)c1ccccc1. The first-order chi connectivity index (χ1) is 15.3. The van der Waals surface area contributed by atoms with Gasteiger partial charge in [0.2, 0.25) is 5.91 Å². The van der Waals surface area contributed by atoms with Gasteiger partial charge in [0.25, 0.3) is 0 Å². The van der Waals surface area contributed by atoms with Crippen LogP contribution < -0.4 is 0 Å². The Kier molecular flexibility index (Phi) is 6.07. The van der Waals surface area contributed by atoms with E-state index in [9.17, 15) is 19.1 Å². The van der Waals surface area contributed by atoms with Crippen molar-refractivity contribution in [2.45, 2.75) is 24.6 Å². The topological polar surface area (TPSA) is 57.6 Å². The van der Waals surface area contributed by atoms with Gasteiger partial charge in [0.15, 0.2) is 0 Å². The van der Waals surface area contributed by atoms with Crippen LogP contribution in [0.4, 0.5) is 4.39 Å². The summed E-state index contributed by atoms with van der Waals surface area (Å²) in [5.41, 5.74) is 3.41. The molecule has 1 aliphatic heterocycles. The highest BCUT2D eigenvalue weighted by Gasteiger charge is 2.40. The maximum Gasteiger partial charge on any atom is 0.335 e. The lowest BCUT2D eigenvalue weighted by molar-refractivity contribution is -0.128. The molecular formula is C26H24FNO3S. The molecule has 0 saturated carbocycles. The maximum atomic E-state index is 13.5. The first kappa shape index (κ1) is 22.1. The van der Waals surface area contributed by atoms with E-state index in [1.807, 2.05) is 48.2 Å². The molecule has 3 aromatic carbocycles. The Morgan fingerprint density at radius 1 is 1.12 bits per heavy atom. The Bertz CT molecular complexity index is 1150. The van der Waals surface area contributed by atoms with Crippen LogP contribution in [0.25, 0.3) is 0 Å². The molecule has 1 amide bonds. The number of carbonyl (C=O) groups excluding carboxylic acids is 1. The molecule has 0 aromatic heterocycles. The molecule has 0 bridgehead atoms. The van der Waals surface area contributed by atoms with Crippen molar-refractivity contribution in [3.05, 3.63) is 106 Å². The smallest absolute Gasteiger partial charge is 0.335 e. The third-order valence-corrected chi connectivity index (χ3v) is 7.34. The molecule has 1 heterocycles. The van der Waals surface area contributed by atoms with Crippen LogP contribution >= 0.6 is 11.8 Å². The predicted octanol–water partition coefficient (Wildman–Crippen LogP) is 5.41. The van der Waals surface area contributed by atoms with Crippen molar-refractivity contribution in [3.63, 3.8) is 0 Å². The van der Waals surface area contributed by atoms with Crippen LogP contribution in [0.15, 0.2) is 72.8 Å². The molecule has 0 aliphatic carbocycles. The largest absolute Gasteiger partial charge is 0.478 e. The van der Waals surface area contributed by atoms with Crippen LogP contribution in [0, 0.1) is 12.7 Å². The number of aryl methyl sites for hydroxylation is 1. The third kappa shape index (κ3) is 4.15. The third-order valence-electron chi connectivity index (χ3n) is 6.09. The fourth-order valence-corrected chi connectivity index (χ4v) is 5.61. The minimum atomic E-state index is -0.969. The number of rotatable bonds is 6. The summed E-state index contributed by atoms with van der Waals surface area (Å²) in [5, 5.41) is 9.18. The quantitative estimate of drug-likeness (QED) is 0.547. The molecule has 1 saturated heterocycles. The summed E-state index contributed by atoms with van der Waals surface area (Å²) >= 11 is 1.54. The monoisotopic (exact) mass is 449 g/mol. The van der Waals surface area contributed by atoms with Gasteiger partial charge in [0.05, 0.1) is 11.3 Å². The number of carboxylic acid groups (broad SMARTS) is 1. The van der Waals surface area contributed by atoms with Crippen LogP contribution in [0.2, 0.25) is 0 Å². The molecular weight excluding hydrogens is 425 g/mol. The van der Waals surface area contributed by atoms with E-state index in [0.717, 1.165) is 22.3 Å². The van der Waals surface area contributed by atoms with Crippen molar-refractivity contribution in [2.75, 3.05) is 12.3 Å². The molecule has 3 aromatic rings. The summed E-state index contributed by atoms with van der Waals surface area (Å²) in [5.74, 6) is -0.878. The Morgan fingerprint density at radius 3 is 2.44 bits per heavy atom. The Hall–Kier alpha value is -3.12. The van der Waals surface area contributed by atoms with Crippen LogP contribution in [0.3, 0.4) is 0 Å². The lowest BCUT2D eigenvalue weighted by atomic mass is 9.73. The van der Waals surface area contributed by atoms with Crippen molar-refractivity contribution in [1.29, 1.82) is 0 Å². The van der Waals surface area contributed by atoms with Gasteiger partial charge >= 0.3 is 5.97 Å². The highest BCUT2D eigenvalue weighted by atomic mass is 32.2. The van der Waals surface area contributed by atoms with Gasteiger partial charge in [-0.3, -0.25) is 4.79 Å². The summed E-state index contributed by atoms with van der Waals surface area (Å²) in [4.78, 5) is 26.3. The number of hydrogen-bond donors (Lipinski definition) is 1. The Morgan fingerprint density at radius 2 is 1.81 bits per heavy atom. The number of carbonyl (C=O) groups is 2. The highest BCUT2D eigenvalue weighted by molar-refractivity contribution is 8.00. The zero-order valence-corrected chi connectivity index (χ0v) is 18.7. The van der Waals surface area contributed by atoms with Crippen molar-refractivity contribution in [1.82, 2.24) is 4.90 Å². The minimum absolute atomic E-state index is 0.0336. The zero-order chi connectivity index (χ0) is 22.9. The van der Waals surface area contributed by atoms with Gasteiger partial charge in [-0.2, -0.15) is 0 Å². The molecule has 1 fully saturated rings. The van der Waals surface area contributed by atoms with E-state index in [0.29, 0.717) is 12.3 Å². The number of carboxylic acids is 1. The molecule has 1 N–H and O–H groups in total. The van der Waals surface area contributed by atoms with E-state index in [1.165, 1.54) is 23.9 Å². The number of aromatic carboxylic acids is 1. The van der Waals surface area contributed by atoms with Gasteiger partial charge in [-0.15, -0.1) is 11.8 Å². The van der Waals surface area contributed by atoms with Gasteiger partial charge in [0, 0.05) is 12.0 Å². The van der Waals surface area contributed by atoms with E-state index in [4.69, 9.17) is 0 Å². The van der Waals surface area contributed by atoms with Gasteiger partial charge in [-0.25, -0.2) is 9.18 Å². The van der Waals surface area contributed by atoms with Crippen LogP contribution in [-0.4, -0.2) is 34.2 Å². The van der Waals surface area contributed by atoms with Gasteiger partial charge in [-0.1, -0.05) is 48.5 Å². The van der Waals surface area contributed by atoms with Crippen LogP contribution in [-0.2, 0) is 10.2 Å². The number of amides is 1. The predicted molar refractivity (Wildman–Crippen MR) is 124 cm³/mol. The van der Waals surface area contributed by atoms with E-state index in [-0.39, 0.29) is 22.7 Å². The lowest BCUT2D eigenvalue weighted by Crippen LogP contribution is -2.42. The molecule has 164 valence electrons. The summed E-state index contributed by atoms with van der Waals surface area (Å²) in [7, 11) is 0. The average molecular weight is 450 g/mol. The van der Waals surface area contributed by atoms with Crippen LogP contribution in [0.1, 0.15) is 44.9 Å². The van der Waals surface area contributed by atoms with E-state index in [1.54, 1.807) is 24.3 Å². The van der Waals surface area contributed by atoms with E-state index >= 15 is 0 Å². The second kappa shape index (κ2) is 8.79. The van der Waals surface area contributed by atoms with E-state index in [2.05, 4.69) is 6.92 Å². The molecule has 0 spiro atoms. The fourth-order valence-electron chi connectivity index (χ4n) is 4.42. The Labute approximate surface area is 191 Å². The number of hydrogen-bond acceptors (Lipinski definition) is 3. The highest BCUT2D eigenvalue weighted by Crippen LogP contribution is 2.43. The number of halogens is 1. The maximum absolute atomic E-state index is 13.5. The first-order valence-electron chi connectivity index (χ1n) is 10.4. The fraction of sp³-hybridized carbons (Fsp3) is 0.231. The molecule has 4 rings (SSSR count). The molecule has 4 nitrogen and oxygen atoms in total. The van der Waals surface area contributed by atoms with Crippen molar-refractivity contribution >= 4 is 23.6 Å². The molecule has 0 radical (unpaired) electrons. The van der Waals surface area contributed by atoms with Crippen molar-refractivity contribution in [3.8, 4) is 0 Å².